The van der Waals surface area contributed by atoms with Crippen molar-refractivity contribution < 1.29 is 17.9 Å². The molecule has 8 heteroatoms. The van der Waals surface area contributed by atoms with Crippen molar-refractivity contribution >= 4 is 11.6 Å². The number of anilines is 1. The van der Waals surface area contributed by atoms with Crippen molar-refractivity contribution in [2.24, 2.45) is 0 Å². The van der Waals surface area contributed by atoms with Gasteiger partial charge in [0.05, 0.1) is 6.61 Å². The maximum absolute atomic E-state index is 15.0. The molecule has 0 aliphatic carbocycles. The molecule has 0 aliphatic heterocycles. The fraction of sp³-hybridized carbons (Fsp3) is 0.182. The van der Waals surface area contributed by atoms with Crippen LogP contribution in [0.2, 0.25) is 0 Å². The predicted molar refractivity (Wildman–Crippen MR) is 108 cm³/mol. The maximum atomic E-state index is 15.0. The first kappa shape index (κ1) is 19.8. The SMILES string of the molecule is Nc1nc2cc(-c3cccc(OCCC(F)(F)Cc4ccccc4)c3F)ccn2n1. The summed E-state index contributed by atoms with van der Waals surface area (Å²) < 4.78 is 50.2. The first-order chi connectivity index (χ1) is 14.4. The summed E-state index contributed by atoms with van der Waals surface area (Å²) in [5, 5.41) is 3.98. The maximum Gasteiger partial charge on any atom is 0.255 e. The van der Waals surface area contributed by atoms with Crippen LogP contribution in [0.1, 0.15) is 12.0 Å². The summed E-state index contributed by atoms with van der Waals surface area (Å²) in [5.74, 6) is -3.54. The molecule has 0 fully saturated rings. The molecule has 2 N–H and O–H groups in total. The molecule has 154 valence electrons. The van der Waals surface area contributed by atoms with Gasteiger partial charge in [-0.25, -0.2) is 17.7 Å². The van der Waals surface area contributed by atoms with Gasteiger partial charge in [-0.2, -0.15) is 4.98 Å². The van der Waals surface area contributed by atoms with Crippen molar-refractivity contribution in [3.05, 3.63) is 78.2 Å². The minimum absolute atomic E-state index is 0.0798. The molecule has 0 aliphatic rings. The first-order valence-electron chi connectivity index (χ1n) is 9.37. The molecule has 0 saturated heterocycles. The fourth-order valence-electron chi connectivity index (χ4n) is 3.20. The molecule has 0 saturated carbocycles. The van der Waals surface area contributed by atoms with E-state index >= 15 is 0 Å². The van der Waals surface area contributed by atoms with E-state index in [4.69, 9.17) is 10.5 Å². The molecule has 0 spiro atoms. The van der Waals surface area contributed by atoms with E-state index in [1.165, 1.54) is 10.6 Å². The van der Waals surface area contributed by atoms with Crippen molar-refractivity contribution in [3.63, 3.8) is 0 Å². The number of ether oxygens (including phenoxy) is 1. The van der Waals surface area contributed by atoms with Crippen molar-refractivity contribution in [1.29, 1.82) is 0 Å². The summed E-state index contributed by atoms with van der Waals surface area (Å²) in [4.78, 5) is 4.05. The quantitative estimate of drug-likeness (QED) is 0.475. The number of pyridine rings is 1. The lowest BCUT2D eigenvalue weighted by Gasteiger charge is -2.17. The zero-order chi connectivity index (χ0) is 21.1. The first-order valence-corrected chi connectivity index (χ1v) is 9.37. The second-order valence-corrected chi connectivity index (χ2v) is 6.92. The lowest BCUT2D eigenvalue weighted by Crippen LogP contribution is -2.23. The minimum atomic E-state index is -2.95. The van der Waals surface area contributed by atoms with E-state index in [1.54, 1.807) is 60.8 Å². The second kappa shape index (κ2) is 8.06. The molecule has 2 aromatic carbocycles. The number of rotatable bonds is 7. The van der Waals surface area contributed by atoms with Crippen LogP contribution in [0.15, 0.2) is 66.9 Å². The molecule has 2 aromatic heterocycles. The van der Waals surface area contributed by atoms with Gasteiger partial charge in [-0.05, 0) is 29.3 Å². The third-order valence-electron chi connectivity index (χ3n) is 4.66. The molecular formula is C22H19F3N4O. The number of nitrogens with two attached hydrogens (primary N) is 1. The number of alkyl halides is 2. The lowest BCUT2D eigenvalue weighted by atomic mass is 10.1. The van der Waals surface area contributed by atoms with Gasteiger partial charge >= 0.3 is 0 Å². The number of hydrogen-bond donors (Lipinski definition) is 1. The number of nitrogen functional groups attached to an aromatic ring is 1. The number of halogens is 3. The monoisotopic (exact) mass is 412 g/mol. The molecule has 2 heterocycles. The molecule has 0 radical (unpaired) electrons. The van der Waals surface area contributed by atoms with E-state index in [0.717, 1.165) is 0 Å². The van der Waals surface area contributed by atoms with Gasteiger partial charge in [-0.15, -0.1) is 5.10 Å². The molecule has 4 rings (SSSR count). The highest BCUT2D eigenvalue weighted by Gasteiger charge is 2.29. The van der Waals surface area contributed by atoms with Gasteiger partial charge in [0.25, 0.3) is 5.92 Å². The van der Waals surface area contributed by atoms with Crippen LogP contribution in [0.4, 0.5) is 19.1 Å². The Hall–Kier alpha value is -3.55. The van der Waals surface area contributed by atoms with Gasteiger partial charge in [0.1, 0.15) is 0 Å². The summed E-state index contributed by atoms with van der Waals surface area (Å²) in [7, 11) is 0. The van der Waals surface area contributed by atoms with Crippen LogP contribution in [-0.4, -0.2) is 27.1 Å². The molecule has 0 atom stereocenters. The predicted octanol–water partition coefficient (Wildman–Crippen LogP) is 4.76. The Balaban J connectivity index is 1.46. The van der Waals surface area contributed by atoms with Crippen LogP contribution in [0, 0.1) is 5.82 Å². The molecule has 4 aromatic rings. The van der Waals surface area contributed by atoms with E-state index in [9.17, 15) is 13.2 Å². The van der Waals surface area contributed by atoms with E-state index < -0.39 is 18.2 Å². The van der Waals surface area contributed by atoms with Crippen LogP contribution < -0.4 is 10.5 Å². The van der Waals surface area contributed by atoms with Gasteiger partial charge in [0, 0.05) is 24.6 Å². The van der Waals surface area contributed by atoms with Gasteiger partial charge in [0.2, 0.25) is 5.95 Å². The van der Waals surface area contributed by atoms with Crippen molar-refractivity contribution in [3.8, 4) is 16.9 Å². The smallest absolute Gasteiger partial charge is 0.255 e. The zero-order valence-corrected chi connectivity index (χ0v) is 15.9. The number of aromatic nitrogens is 3. The Morgan fingerprint density at radius 1 is 1.03 bits per heavy atom. The molecule has 0 bridgehead atoms. The zero-order valence-electron chi connectivity index (χ0n) is 15.9. The van der Waals surface area contributed by atoms with Crippen molar-refractivity contribution in [2.45, 2.75) is 18.8 Å². The van der Waals surface area contributed by atoms with Crippen molar-refractivity contribution in [1.82, 2.24) is 14.6 Å². The Morgan fingerprint density at radius 2 is 1.83 bits per heavy atom. The average Bonchev–Trinajstić information content (AvgIpc) is 3.09. The Kier molecular flexibility index (Phi) is 5.31. The third kappa shape index (κ3) is 4.37. The van der Waals surface area contributed by atoms with E-state index in [2.05, 4.69) is 10.1 Å². The molecule has 5 nitrogen and oxygen atoms in total. The summed E-state index contributed by atoms with van der Waals surface area (Å²) in [6.45, 7) is -0.306. The summed E-state index contributed by atoms with van der Waals surface area (Å²) in [6.07, 6.45) is 0.711. The highest BCUT2D eigenvalue weighted by molar-refractivity contribution is 5.69. The Labute approximate surface area is 170 Å². The van der Waals surface area contributed by atoms with Gasteiger partial charge < -0.3 is 10.5 Å². The number of benzene rings is 2. The standard InChI is InChI=1S/C22H19F3N4O/c23-20-17(16-9-11-29-19(13-16)27-21(26)28-29)7-4-8-18(20)30-12-10-22(24,25)14-15-5-2-1-3-6-15/h1-9,11,13H,10,12,14H2,(H2,26,28). The van der Waals surface area contributed by atoms with Gasteiger partial charge in [-0.1, -0.05) is 42.5 Å². The van der Waals surface area contributed by atoms with E-state index in [0.29, 0.717) is 16.8 Å². The van der Waals surface area contributed by atoms with Crippen LogP contribution in [0.25, 0.3) is 16.8 Å². The lowest BCUT2D eigenvalue weighted by molar-refractivity contribution is -0.0182. The van der Waals surface area contributed by atoms with Gasteiger partial charge in [-0.3, -0.25) is 0 Å². The minimum Gasteiger partial charge on any atom is -0.490 e. The third-order valence-corrected chi connectivity index (χ3v) is 4.66. The van der Waals surface area contributed by atoms with Crippen molar-refractivity contribution in [2.75, 3.05) is 12.3 Å². The molecule has 0 amide bonds. The second-order valence-electron chi connectivity index (χ2n) is 6.92. The van der Waals surface area contributed by atoms with E-state index in [1.807, 2.05) is 0 Å². The van der Waals surface area contributed by atoms with Crippen LogP contribution in [0.5, 0.6) is 5.75 Å². The van der Waals surface area contributed by atoms with E-state index in [-0.39, 0.29) is 30.3 Å². The molecule has 30 heavy (non-hydrogen) atoms. The topological polar surface area (TPSA) is 65.4 Å². The summed E-state index contributed by atoms with van der Waals surface area (Å²) in [5.41, 5.74) is 7.40. The van der Waals surface area contributed by atoms with Crippen LogP contribution >= 0.6 is 0 Å². The summed E-state index contributed by atoms with van der Waals surface area (Å²) >= 11 is 0. The average molecular weight is 412 g/mol. The molecular weight excluding hydrogens is 393 g/mol. The van der Waals surface area contributed by atoms with Crippen LogP contribution in [-0.2, 0) is 6.42 Å². The largest absolute Gasteiger partial charge is 0.490 e. The Morgan fingerprint density at radius 3 is 2.63 bits per heavy atom. The summed E-state index contributed by atoms with van der Waals surface area (Å²) in [6, 6.07) is 16.4. The normalized spacial score (nSPS) is 11.7. The fourth-order valence-corrected chi connectivity index (χ4v) is 3.20. The highest BCUT2D eigenvalue weighted by atomic mass is 19.3. The number of nitrogens with zero attached hydrogens (tertiary/aromatic N) is 3. The number of hydrogen-bond acceptors (Lipinski definition) is 4. The highest BCUT2D eigenvalue weighted by Crippen LogP contribution is 2.31. The van der Waals surface area contributed by atoms with Crippen LogP contribution in [0.3, 0.4) is 0 Å². The molecule has 0 unspecified atom stereocenters. The number of fused-ring (bicyclic) bond motifs is 1. The Bertz CT molecular complexity index is 1160. The van der Waals surface area contributed by atoms with Gasteiger partial charge in [0.15, 0.2) is 17.2 Å².